The van der Waals surface area contributed by atoms with E-state index >= 15 is 0 Å². The van der Waals surface area contributed by atoms with Crippen molar-refractivity contribution in [3.05, 3.63) is 30.9 Å². The van der Waals surface area contributed by atoms with Crippen LogP contribution in [0.1, 0.15) is 10.5 Å². The fourth-order valence-electron chi connectivity index (χ4n) is 0.701. The molecule has 0 aliphatic heterocycles. The van der Waals surface area contributed by atoms with Gasteiger partial charge in [-0.15, -0.1) is 0 Å². The van der Waals surface area contributed by atoms with Crippen LogP contribution in [0, 0.1) is 6.92 Å². The van der Waals surface area contributed by atoms with Gasteiger partial charge in [0.1, 0.15) is 11.9 Å². The monoisotopic (exact) mass is 153 g/mol. The highest BCUT2D eigenvalue weighted by Crippen LogP contribution is 1.93. The normalized spacial score (nSPS) is 12.5. The van der Waals surface area contributed by atoms with Crippen molar-refractivity contribution in [1.82, 2.24) is 10.3 Å². The smallest absolute Gasteiger partial charge is 0.269 e. The summed E-state index contributed by atoms with van der Waals surface area (Å²) in [4.78, 5) is 13.7. The van der Waals surface area contributed by atoms with Crippen LogP contribution in [0.4, 0.5) is 0 Å². The van der Waals surface area contributed by atoms with Crippen molar-refractivity contribution in [1.29, 1.82) is 0 Å². The summed E-state index contributed by atoms with van der Waals surface area (Å²) in [6, 6.07) is 3.31. The Labute approximate surface area is 64.2 Å². The van der Waals surface area contributed by atoms with Crippen molar-refractivity contribution in [2.45, 2.75) is 6.23 Å². The number of aromatic amines is 1. The van der Waals surface area contributed by atoms with Gasteiger partial charge in [0.25, 0.3) is 5.91 Å². The minimum atomic E-state index is -1.06. The van der Waals surface area contributed by atoms with Crippen molar-refractivity contribution in [3.8, 4) is 0 Å². The molecule has 0 aromatic carbocycles. The molecule has 0 saturated heterocycles. The third-order valence-electron chi connectivity index (χ3n) is 1.14. The van der Waals surface area contributed by atoms with Crippen molar-refractivity contribution in [2.75, 3.05) is 0 Å². The zero-order valence-corrected chi connectivity index (χ0v) is 5.87. The molecule has 59 valence electrons. The molecule has 1 rings (SSSR count). The number of carbonyl (C=O) groups excluding carboxylic acids is 1. The molecule has 1 atom stereocenters. The fraction of sp³-hybridized carbons (Fsp3) is 0.143. The first-order chi connectivity index (χ1) is 5.20. The number of carbonyl (C=O) groups is 1. The van der Waals surface area contributed by atoms with Crippen molar-refractivity contribution in [2.24, 2.45) is 0 Å². The highest BCUT2D eigenvalue weighted by Gasteiger charge is 2.06. The minimum Gasteiger partial charge on any atom is -0.374 e. The molecule has 0 aliphatic carbocycles. The van der Waals surface area contributed by atoms with Crippen LogP contribution in [-0.2, 0) is 0 Å². The number of aromatic nitrogens is 1. The number of aliphatic hydroxyl groups is 1. The second-order valence-electron chi connectivity index (χ2n) is 2.07. The maximum absolute atomic E-state index is 11.0. The summed E-state index contributed by atoms with van der Waals surface area (Å²) in [6.07, 6.45) is 0.565. The van der Waals surface area contributed by atoms with Crippen LogP contribution in [0.2, 0.25) is 0 Å². The highest BCUT2D eigenvalue weighted by atomic mass is 16.3. The lowest BCUT2D eigenvalue weighted by atomic mass is 10.4. The lowest BCUT2D eigenvalue weighted by Gasteiger charge is -2.04. The van der Waals surface area contributed by atoms with Gasteiger partial charge < -0.3 is 15.4 Å². The highest BCUT2D eigenvalue weighted by molar-refractivity contribution is 5.92. The first-order valence-electron chi connectivity index (χ1n) is 3.15. The van der Waals surface area contributed by atoms with E-state index < -0.39 is 6.23 Å². The van der Waals surface area contributed by atoms with Gasteiger partial charge in [-0.3, -0.25) is 4.79 Å². The predicted molar refractivity (Wildman–Crippen MR) is 39.6 cm³/mol. The van der Waals surface area contributed by atoms with Gasteiger partial charge in [-0.25, -0.2) is 0 Å². The number of H-pyrrole nitrogens is 1. The van der Waals surface area contributed by atoms with E-state index in [1.807, 2.05) is 0 Å². The summed E-state index contributed by atoms with van der Waals surface area (Å²) in [5.74, 6) is -0.363. The summed E-state index contributed by atoms with van der Waals surface area (Å²) < 4.78 is 0. The van der Waals surface area contributed by atoms with Crippen LogP contribution in [0.3, 0.4) is 0 Å². The summed E-state index contributed by atoms with van der Waals surface area (Å²) >= 11 is 0. The van der Waals surface area contributed by atoms with Crippen LogP contribution in [0.25, 0.3) is 0 Å². The van der Waals surface area contributed by atoms with E-state index in [1.54, 1.807) is 18.3 Å². The summed E-state index contributed by atoms with van der Waals surface area (Å²) in [5.41, 5.74) is 0.410. The third-order valence-corrected chi connectivity index (χ3v) is 1.14. The summed E-state index contributed by atoms with van der Waals surface area (Å²) in [6.45, 7) is 3.20. The fourth-order valence-corrected chi connectivity index (χ4v) is 0.701. The third kappa shape index (κ3) is 2.09. The van der Waals surface area contributed by atoms with Crippen LogP contribution >= 0.6 is 0 Å². The van der Waals surface area contributed by atoms with Gasteiger partial charge >= 0.3 is 0 Å². The standard InChI is InChI=1S/C7H9N2O2/c1-5(10)9-7(11)6-3-2-4-8-6/h2-5,8,10H,1H2,(H,9,11). The molecule has 1 aromatic heterocycles. The van der Waals surface area contributed by atoms with Gasteiger partial charge in [0.05, 0.1) is 0 Å². The second kappa shape index (κ2) is 3.21. The molecule has 1 heterocycles. The number of hydrogen-bond acceptors (Lipinski definition) is 2. The van der Waals surface area contributed by atoms with Crippen LogP contribution in [0.5, 0.6) is 0 Å². The Morgan fingerprint density at radius 3 is 3.00 bits per heavy atom. The van der Waals surface area contributed by atoms with Crippen LogP contribution < -0.4 is 5.32 Å². The number of amides is 1. The molecule has 3 N–H and O–H groups in total. The Balaban J connectivity index is 2.57. The maximum Gasteiger partial charge on any atom is 0.269 e. The zero-order chi connectivity index (χ0) is 8.27. The molecule has 11 heavy (non-hydrogen) atoms. The zero-order valence-electron chi connectivity index (χ0n) is 5.87. The topological polar surface area (TPSA) is 65.1 Å². The van der Waals surface area contributed by atoms with Gasteiger partial charge in [0.2, 0.25) is 0 Å². The molecular weight excluding hydrogens is 144 g/mol. The first kappa shape index (κ1) is 7.81. The van der Waals surface area contributed by atoms with E-state index in [1.165, 1.54) is 0 Å². The molecule has 0 saturated carbocycles. The van der Waals surface area contributed by atoms with E-state index in [0.29, 0.717) is 5.69 Å². The molecule has 0 bridgehead atoms. The number of rotatable bonds is 2. The molecule has 0 spiro atoms. The SMILES string of the molecule is [CH2]C(O)NC(=O)c1ccc[nH]1. The van der Waals surface area contributed by atoms with Crippen molar-refractivity contribution < 1.29 is 9.90 Å². The van der Waals surface area contributed by atoms with Gasteiger partial charge in [-0.2, -0.15) is 0 Å². The second-order valence-corrected chi connectivity index (χ2v) is 2.07. The number of hydrogen-bond donors (Lipinski definition) is 3. The average Bonchev–Trinajstić information content (AvgIpc) is 2.35. The predicted octanol–water partition coefficient (Wildman–Crippen LogP) is -0.103. The Hall–Kier alpha value is -1.29. The summed E-state index contributed by atoms with van der Waals surface area (Å²) in [5, 5.41) is 10.9. The van der Waals surface area contributed by atoms with E-state index in [2.05, 4.69) is 17.2 Å². The minimum absolute atomic E-state index is 0.363. The van der Waals surface area contributed by atoms with E-state index in [4.69, 9.17) is 5.11 Å². The van der Waals surface area contributed by atoms with E-state index in [9.17, 15) is 4.79 Å². The Morgan fingerprint density at radius 1 is 1.82 bits per heavy atom. The largest absolute Gasteiger partial charge is 0.374 e. The van der Waals surface area contributed by atoms with E-state index in [-0.39, 0.29) is 5.91 Å². The molecular formula is C7H9N2O2. The van der Waals surface area contributed by atoms with Gasteiger partial charge in [0, 0.05) is 6.20 Å². The Bertz CT molecular complexity index is 229. The number of aliphatic hydroxyl groups excluding tert-OH is 1. The lowest BCUT2D eigenvalue weighted by Crippen LogP contribution is -2.32. The molecule has 1 aromatic rings. The molecule has 4 nitrogen and oxygen atoms in total. The molecule has 1 amide bonds. The van der Waals surface area contributed by atoms with Gasteiger partial charge in [-0.05, 0) is 19.1 Å². The molecule has 0 fully saturated rings. The Morgan fingerprint density at radius 2 is 2.55 bits per heavy atom. The van der Waals surface area contributed by atoms with Crippen LogP contribution in [-0.4, -0.2) is 22.2 Å². The first-order valence-corrected chi connectivity index (χ1v) is 3.15. The van der Waals surface area contributed by atoms with Crippen molar-refractivity contribution >= 4 is 5.91 Å². The number of nitrogens with one attached hydrogen (secondary N) is 2. The van der Waals surface area contributed by atoms with Gasteiger partial charge in [0.15, 0.2) is 0 Å². The molecule has 0 aliphatic rings. The lowest BCUT2D eigenvalue weighted by molar-refractivity contribution is 0.0847. The molecule has 1 radical (unpaired) electrons. The van der Waals surface area contributed by atoms with E-state index in [0.717, 1.165) is 0 Å². The average molecular weight is 153 g/mol. The summed E-state index contributed by atoms with van der Waals surface area (Å²) in [7, 11) is 0. The maximum atomic E-state index is 11.0. The van der Waals surface area contributed by atoms with Gasteiger partial charge in [-0.1, -0.05) is 0 Å². The Kier molecular flexibility index (Phi) is 2.28. The van der Waals surface area contributed by atoms with Crippen molar-refractivity contribution in [3.63, 3.8) is 0 Å². The molecule has 4 heteroatoms. The quantitative estimate of drug-likeness (QED) is 0.519. The van der Waals surface area contributed by atoms with Crippen LogP contribution in [0.15, 0.2) is 18.3 Å². The molecule has 1 unspecified atom stereocenters.